The Morgan fingerprint density at radius 1 is 1.18 bits per heavy atom. The lowest BCUT2D eigenvalue weighted by molar-refractivity contribution is 0.0955. The van der Waals surface area contributed by atoms with Crippen LogP contribution < -0.4 is 5.32 Å². The van der Waals surface area contributed by atoms with Crippen LogP contribution in [-0.2, 0) is 5.75 Å². The molecule has 0 aliphatic heterocycles. The van der Waals surface area contributed by atoms with Crippen LogP contribution in [0.5, 0.6) is 0 Å². The number of thioether (sulfide) groups is 1. The molecule has 0 atom stereocenters. The number of rotatable bonds is 6. The van der Waals surface area contributed by atoms with Gasteiger partial charge in [-0.25, -0.2) is 8.78 Å². The molecular formula is C16H14BrF2NOS. The lowest BCUT2D eigenvalue weighted by Gasteiger charge is -2.07. The Morgan fingerprint density at radius 2 is 1.95 bits per heavy atom. The van der Waals surface area contributed by atoms with Gasteiger partial charge in [0, 0.05) is 22.5 Å². The number of halogens is 3. The fraction of sp³-hybridized carbons (Fsp3) is 0.188. The smallest absolute Gasteiger partial charge is 0.252 e. The van der Waals surface area contributed by atoms with E-state index in [1.165, 1.54) is 36.0 Å². The van der Waals surface area contributed by atoms with E-state index in [2.05, 4.69) is 21.2 Å². The van der Waals surface area contributed by atoms with E-state index >= 15 is 0 Å². The molecule has 0 fully saturated rings. The van der Waals surface area contributed by atoms with Gasteiger partial charge < -0.3 is 5.32 Å². The second-order valence-electron chi connectivity index (χ2n) is 4.52. The summed E-state index contributed by atoms with van der Waals surface area (Å²) in [4.78, 5) is 11.9. The third-order valence-electron chi connectivity index (χ3n) is 2.92. The van der Waals surface area contributed by atoms with Crippen LogP contribution in [0.25, 0.3) is 0 Å². The summed E-state index contributed by atoms with van der Waals surface area (Å²) >= 11 is 4.70. The number of nitrogens with one attached hydrogen (secondary N) is 1. The van der Waals surface area contributed by atoms with Gasteiger partial charge in [-0.2, -0.15) is 11.8 Å². The molecule has 0 saturated heterocycles. The van der Waals surface area contributed by atoms with E-state index in [4.69, 9.17) is 0 Å². The fourth-order valence-corrected chi connectivity index (χ4v) is 3.18. The maximum absolute atomic E-state index is 13.4. The zero-order chi connectivity index (χ0) is 15.9. The highest BCUT2D eigenvalue weighted by Gasteiger charge is 2.10. The van der Waals surface area contributed by atoms with Gasteiger partial charge in [0.05, 0.1) is 5.56 Å². The van der Waals surface area contributed by atoms with Crippen molar-refractivity contribution in [1.29, 1.82) is 0 Å². The number of benzene rings is 2. The molecule has 0 saturated carbocycles. The van der Waals surface area contributed by atoms with Crippen LogP contribution in [0.4, 0.5) is 8.78 Å². The third-order valence-corrected chi connectivity index (χ3v) is 4.59. The van der Waals surface area contributed by atoms with Crippen LogP contribution in [0.2, 0.25) is 0 Å². The van der Waals surface area contributed by atoms with Crippen molar-refractivity contribution in [2.24, 2.45) is 0 Å². The summed E-state index contributed by atoms with van der Waals surface area (Å²) in [5, 5.41) is 2.75. The first kappa shape index (κ1) is 17.0. The molecule has 2 aromatic carbocycles. The summed E-state index contributed by atoms with van der Waals surface area (Å²) in [6, 6.07) is 10.6. The maximum atomic E-state index is 13.4. The third kappa shape index (κ3) is 4.81. The fourth-order valence-electron chi connectivity index (χ4n) is 1.80. The van der Waals surface area contributed by atoms with Crippen LogP contribution in [-0.4, -0.2) is 18.2 Å². The average molecular weight is 386 g/mol. The first-order valence-corrected chi connectivity index (χ1v) is 8.57. The minimum absolute atomic E-state index is 0.214. The topological polar surface area (TPSA) is 29.1 Å². The highest BCUT2D eigenvalue weighted by atomic mass is 79.9. The normalized spacial score (nSPS) is 10.5. The second kappa shape index (κ2) is 8.29. The molecular weight excluding hydrogens is 372 g/mol. The highest BCUT2D eigenvalue weighted by Crippen LogP contribution is 2.18. The van der Waals surface area contributed by atoms with Crippen molar-refractivity contribution in [3.63, 3.8) is 0 Å². The highest BCUT2D eigenvalue weighted by molar-refractivity contribution is 9.10. The van der Waals surface area contributed by atoms with Gasteiger partial charge in [-0.05, 0) is 45.8 Å². The standard InChI is InChI=1S/C16H14BrF2NOS/c17-14-9-12(18)5-6-13(14)16(21)20-7-8-22-10-11-3-1-2-4-15(11)19/h1-6,9H,7-8,10H2,(H,20,21). The molecule has 2 nitrogen and oxygen atoms in total. The number of carbonyl (C=O) groups excluding carboxylic acids is 1. The predicted molar refractivity (Wildman–Crippen MR) is 89.0 cm³/mol. The van der Waals surface area contributed by atoms with Gasteiger partial charge in [-0.3, -0.25) is 4.79 Å². The van der Waals surface area contributed by atoms with Gasteiger partial charge >= 0.3 is 0 Å². The van der Waals surface area contributed by atoms with Crippen molar-refractivity contribution in [1.82, 2.24) is 5.32 Å². The minimum atomic E-state index is -0.399. The molecule has 116 valence electrons. The molecule has 0 heterocycles. The lowest BCUT2D eigenvalue weighted by atomic mass is 10.2. The minimum Gasteiger partial charge on any atom is -0.351 e. The van der Waals surface area contributed by atoms with Crippen LogP contribution >= 0.6 is 27.7 Å². The van der Waals surface area contributed by atoms with Gasteiger partial charge in [-0.15, -0.1) is 0 Å². The number of amides is 1. The van der Waals surface area contributed by atoms with Gasteiger partial charge in [0.15, 0.2) is 0 Å². The van der Waals surface area contributed by atoms with E-state index in [0.717, 1.165) is 0 Å². The predicted octanol–water partition coefficient (Wildman–Crippen LogP) is 4.39. The second-order valence-corrected chi connectivity index (χ2v) is 6.48. The Bertz CT molecular complexity index is 666. The summed E-state index contributed by atoms with van der Waals surface area (Å²) in [6.45, 7) is 0.460. The quantitative estimate of drug-likeness (QED) is 0.747. The van der Waals surface area contributed by atoms with Crippen molar-refractivity contribution >= 4 is 33.6 Å². The monoisotopic (exact) mass is 385 g/mol. The zero-order valence-electron chi connectivity index (χ0n) is 11.6. The Kier molecular flexibility index (Phi) is 6.39. The first-order valence-electron chi connectivity index (χ1n) is 6.62. The Labute approximate surface area is 140 Å². The van der Waals surface area contributed by atoms with Crippen molar-refractivity contribution < 1.29 is 13.6 Å². The molecule has 0 aliphatic rings. The van der Waals surface area contributed by atoms with Gasteiger partial charge in [0.1, 0.15) is 11.6 Å². The summed E-state index contributed by atoms with van der Waals surface area (Å²) in [6.07, 6.45) is 0. The molecule has 6 heteroatoms. The average Bonchev–Trinajstić information content (AvgIpc) is 2.48. The Morgan fingerprint density at radius 3 is 2.68 bits per heavy atom. The number of hydrogen-bond donors (Lipinski definition) is 1. The van der Waals surface area contributed by atoms with Crippen LogP contribution in [0.3, 0.4) is 0 Å². The summed E-state index contributed by atoms with van der Waals surface area (Å²) in [7, 11) is 0. The molecule has 1 N–H and O–H groups in total. The molecule has 2 aromatic rings. The van der Waals surface area contributed by atoms with Crippen molar-refractivity contribution in [2.45, 2.75) is 5.75 Å². The number of hydrogen-bond acceptors (Lipinski definition) is 2. The zero-order valence-corrected chi connectivity index (χ0v) is 14.0. The van der Waals surface area contributed by atoms with E-state index in [9.17, 15) is 13.6 Å². The van der Waals surface area contributed by atoms with Crippen molar-refractivity contribution in [3.05, 3.63) is 69.7 Å². The molecule has 22 heavy (non-hydrogen) atoms. The lowest BCUT2D eigenvalue weighted by Crippen LogP contribution is -2.26. The molecule has 2 rings (SSSR count). The van der Waals surface area contributed by atoms with Crippen LogP contribution in [0.15, 0.2) is 46.9 Å². The largest absolute Gasteiger partial charge is 0.351 e. The molecule has 0 aromatic heterocycles. The first-order chi connectivity index (χ1) is 10.6. The molecule has 0 radical (unpaired) electrons. The summed E-state index contributed by atoms with van der Waals surface area (Å²) in [5.41, 5.74) is 1.04. The molecule has 0 unspecified atom stereocenters. The van der Waals surface area contributed by atoms with E-state index in [-0.39, 0.29) is 11.7 Å². The van der Waals surface area contributed by atoms with Crippen molar-refractivity contribution in [2.75, 3.05) is 12.3 Å². The van der Waals surface area contributed by atoms with E-state index in [1.54, 1.807) is 18.2 Å². The molecule has 0 aliphatic carbocycles. The van der Waals surface area contributed by atoms with Crippen molar-refractivity contribution in [3.8, 4) is 0 Å². The Hall–Kier alpha value is -1.40. The van der Waals surface area contributed by atoms with Gasteiger partial charge in [0.2, 0.25) is 0 Å². The number of carbonyl (C=O) groups is 1. The Balaban J connectivity index is 1.75. The van der Waals surface area contributed by atoms with E-state index < -0.39 is 5.82 Å². The molecule has 0 spiro atoms. The van der Waals surface area contributed by atoms with E-state index in [0.29, 0.717) is 33.7 Å². The maximum Gasteiger partial charge on any atom is 0.252 e. The molecule has 1 amide bonds. The molecule has 0 bridgehead atoms. The SMILES string of the molecule is O=C(NCCSCc1ccccc1F)c1ccc(F)cc1Br. The van der Waals surface area contributed by atoms with Gasteiger partial charge in [0.25, 0.3) is 5.91 Å². The summed E-state index contributed by atoms with van der Waals surface area (Å²) in [5.74, 6) is 0.346. The summed E-state index contributed by atoms with van der Waals surface area (Å²) < 4.78 is 26.8. The van der Waals surface area contributed by atoms with E-state index in [1.807, 2.05) is 0 Å². The van der Waals surface area contributed by atoms with Crippen LogP contribution in [0, 0.1) is 11.6 Å². The van der Waals surface area contributed by atoms with Crippen LogP contribution in [0.1, 0.15) is 15.9 Å². The van der Waals surface area contributed by atoms with Gasteiger partial charge in [-0.1, -0.05) is 18.2 Å².